The van der Waals surface area contributed by atoms with Crippen LogP contribution in [0.25, 0.3) is 0 Å². The Bertz CT molecular complexity index is 626. The van der Waals surface area contributed by atoms with Gasteiger partial charge in [0.05, 0.1) is 11.6 Å². The summed E-state index contributed by atoms with van der Waals surface area (Å²) in [5.41, 5.74) is 0.562. The molecule has 1 saturated heterocycles. The smallest absolute Gasteiger partial charge is 0.318 e. The lowest BCUT2D eigenvalue weighted by atomic mass is 10.1. The number of benzene rings is 1. The molecule has 2 N–H and O–H groups in total. The third-order valence-electron chi connectivity index (χ3n) is 3.59. The lowest BCUT2D eigenvalue weighted by Crippen LogP contribution is -2.49. The van der Waals surface area contributed by atoms with E-state index in [2.05, 4.69) is 10.6 Å². The maximum atomic E-state index is 13.7. The number of rotatable bonds is 2. The van der Waals surface area contributed by atoms with Crippen LogP contribution in [-0.2, 0) is 11.3 Å². The monoisotopic (exact) mass is 304 g/mol. The summed E-state index contributed by atoms with van der Waals surface area (Å²) in [7, 11) is 0. The molecule has 7 heteroatoms. The van der Waals surface area contributed by atoms with E-state index in [-0.39, 0.29) is 18.0 Å². The Hall–Kier alpha value is -2.62. The van der Waals surface area contributed by atoms with Gasteiger partial charge in [-0.25, -0.2) is 9.18 Å². The van der Waals surface area contributed by atoms with Gasteiger partial charge in [-0.1, -0.05) is 0 Å². The predicted molar refractivity (Wildman–Crippen MR) is 77.1 cm³/mol. The van der Waals surface area contributed by atoms with E-state index in [0.29, 0.717) is 25.1 Å². The summed E-state index contributed by atoms with van der Waals surface area (Å²) in [4.78, 5) is 25.3. The summed E-state index contributed by atoms with van der Waals surface area (Å²) in [6.07, 6.45) is 0.668. The highest BCUT2D eigenvalue weighted by Gasteiger charge is 2.27. The van der Waals surface area contributed by atoms with E-state index in [0.717, 1.165) is 0 Å². The van der Waals surface area contributed by atoms with Crippen LogP contribution in [0.4, 0.5) is 9.18 Å². The molecule has 1 aromatic carbocycles. The summed E-state index contributed by atoms with van der Waals surface area (Å²) in [6.45, 7) is 2.60. The molecule has 3 amide bonds. The molecule has 1 fully saturated rings. The second-order valence-electron chi connectivity index (χ2n) is 5.09. The van der Waals surface area contributed by atoms with Gasteiger partial charge in [-0.2, -0.15) is 5.26 Å². The van der Waals surface area contributed by atoms with Crippen LogP contribution in [0, 0.1) is 17.1 Å². The zero-order chi connectivity index (χ0) is 16.1. The van der Waals surface area contributed by atoms with Crippen molar-refractivity contribution in [3.8, 4) is 6.07 Å². The Morgan fingerprint density at radius 2 is 2.36 bits per heavy atom. The molecule has 116 valence electrons. The van der Waals surface area contributed by atoms with Gasteiger partial charge in [-0.05, 0) is 31.5 Å². The molecule has 0 unspecified atom stereocenters. The fourth-order valence-corrected chi connectivity index (χ4v) is 2.27. The number of halogens is 1. The van der Waals surface area contributed by atoms with Crippen LogP contribution in [0.15, 0.2) is 18.2 Å². The Kier molecular flexibility index (Phi) is 4.94. The lowest BCUT2D eigenvalue weighted by molar-refractivity contribution is -0.124. The fourth-order valence-electron chi connectivity index (χ4n) is 2.27. The average Bonchev–Trinajstić information content (AvgIpc) is 2.68. The number of hydrogen-bond acceptors (Lipinski definition) is 3. The van der Waals surface area contributed by atoms with Crippen molar-refractivity contribution in [2.75, 3.05) is 13.1 Å². The number of urea groups is 1. The molecule has 1 aliphatic heterocycles. The normalized spacial score (nSPS) is 18.1. The van der Waals surface area contributed by atoms with Gasteiger partial charge >= 0.3 is 6.03 Å². The van der Waals surface area contributed by atoms with Crippen molar-refractivity contribution < 1.29 is 14.0 Å². The van der Waals surface area contributed by atoms with Gasteiger partial charge < -0.3 is 15.5 Å². The van der Waals surface area contributed by atoms with E-state index in [1.165, 1.54) is 23.1 Å². The Morgan fingerprint density at radius 3 is 3.09 bits per heavy atom. The van der Waals surface area contributed by atoms with E-state index in [9.17, 15) is 14.0 Å². The largest absolute Gasteiger partial charge is 0.354 e. The van der Waals surface area contributed by atoms with Crippen LogP contribution in [0.1, 0.15) is 24.5 Å². The standard InChI is InChI=1S/C15H17FN4O2/c1-10-14(21)18-5-2-6-20(10)15(22)19-9-12-7-11(8-17)3-4-13(12)16/h3-4,7,10H,2,5-6,9H2,1H3,(H,18,21)(H,19,22)/t10-/m0/s1. The molecule has 0 bridgehead atoms. The summed E-state index contributed by atoms with van der Waals surface area (Å²) in [5, 5.41) is 14.1. The van der Waals surface area contributed by atoms with Crippen molar-refractivity contribution in [3.63, 3.8) is 0 Å². The number of nitrogens with zero attached hydrogens (tertiary/aromatic N) is 2. The lowest BCUT2D eigenvalue weighted by Gasteiger charge is -2.25. The van der Waals surface area contributed by atoms with Crippen molar-refractivity contribution in [3.05, 3.63) is 35.1 Å². The number of carbonyl (C=O) groups excluding carboxylic acids is 2. The molecule has 2 rings (SSSR count). The highest BCUT2D eigenvalue weighted by molar-refractivity contribution is 5.87. The topological polar surface area (TPSA) is 85.2 Å². The van der Waals surface area contributed by atoms with Gasteiger partial charge in [0, 0.05) is 25.2 Å². The molecule has 0 radical (unpaired) electrons. The van der Waals surface area contributed by atoms with Crippen molar-refractivity contribution in [1.82, 2.24) is 15.5 Å². The summed E-state index contributed by atoms with van der Waals surface area (Å²) >= 11 is 0. The maximum absolute atomic E-state index is 13.7. The molecule has 0 spiro atoms. The minimum atomic E-state index is -0.571. The third-order valence-corrected chi connectivity index (χ3v) is 3.59. The second kappa shape index (κ2) is 6.89. The van der Waals surface area contributed by atoms with Crippen molar-refractivity contribution >= 4 is 11.9 Å². The van der Waals surface area contributed by atoms with Gasteiger partial charge in [0.25, 0.3) is 0 Å². The predicted octanol–water partition coefficient (Wildman–Crippen LogP) is 1.12. The fraction of sp³-hybridized carbons (Fsp3) is 0.400. The Balaban J connectivity index is 2.03. The molecule has 0 saturated carbocycles. The SMILES string of the molecule is C[C@H]1C(=O)NCCCN1C(=O)NCc1cc(C#N)ccc1F. The van der Waals surface area contributed by atoms with Crippen molar-refractivity contribution in [2.45, 2.75) is 25.9 Å². The first kappa shape index (κ1) is 15.8. The number of amides is 3. The molecule has 1 atom stereocenters. The molecule has 0 aliphatic carbocycles. The van der Waals surface area contributed by atoms with E-state index < -0.39 is 17.9 Å². The maximum Gasteiger partial charge on any atom is 0.318 e. The van der Waals surface area contributed by atoms with E-state index in [1.54, 1.807) is 6.92 Å². The van der Waals surface area contributed by atoms with Gasteiger partial charge in [0.2, 0.25) is 5.91 Å². The first-order valence-corrected chi connectivity index (χ1v) is 7.03. The van der Waals surface area contributed by atoms with Crippen LogP contribution in [0.2, 0.25) is 0 Å². The van der Waals surface area contributed by atoms with E-state index in [1.807, 2.05) is 6.07 Å². The van der Waals surface area contributed by atoms with Crippen LogP contribution in [-0.4, -0.2) is 36.0 Å². The minimum Gasteiger partial charge on any atom is -0.354 e. The van der Waals surface area contributed by atoms with Crippen LogP contribution in [0.3, 0.4) is 0 Å². The molecule has 1 aromatic rings. The molecule has 22 heavy (non-hydrogen) atoms. The van der Waals surface area contributed by atoms with Crippen LogP contribution in [0.5, 0.6) is 0 Å². The highest BCUT2D eigenvalue weighted by Crippen LogP contribution is 2.11. The van der Waals surface area contributed by atoms with Gasteiger partial charge in [0.1, 0.15) is 11.9 Å². The minimum absolute atomic E-state index is 0.0367. The van der Waals surface area contributed by atoms with Crippen LogP contribution < -0.4 is 10.6 Å². The quantitative estimate of drug-likeness (QED) is 0.858. The molecule has 6 nitrogen and oxygen atoms in total. The number of nitrogens with one attached hydrogen (secondary N) is 2. The Morgan fingerprint density at radius 1 is 1.59 bits per heavy atom. The molecule has 1 heterocycles. The zero-order valence-corrected chi connectivity index (χ0v) is 12.2. The molecule has 0 aromatic heterocycles. The summed E-state index contributed by atoms with van der Waals surface area (Å²) in [5.74, 6) is -0.689. The number of nitriles is 1. The van der Waals surface area contributed by atoms with E-state index >= 15 is 0 Å². The molecular weight excluding hydrogens is 287 g/mol. The molecular formula is C15H17FN4O2. The number of hydrogen-bond donors (Lipinski definition) is 2. The second-order valence-corrected chi connectivity index (χ2v) is 5.09. The summed E-state index contributed by atoms with van der Waals surface area (Å²) < 4.78 is 13.7. The third kappa shape index (κ3) is 3.52. The van der Waals surface area contributed by atoms with Crippen molar-refractivity contribution in [1.29, 1.82) is 5.26 Å². The van der Waals surface area contributed by atoms with Gasteiger partial charge in [-0.3, -0.25) is 4.79 Å². The summed E-state index contributed by atoms with van der Waals surface area (Å²) in [6, 6.07) is 4.90. The van der Waals surface area contributed by atoms with E-state index in [4.69, 9.17) is 5.26 Å². The zero-order valence-electron chi connectivity index (χ0n) is 12.2. The highest BCUT2D eigenvalue weighted by atomic mass is 19.1. The Labute approximate surface area is 127 Å². The first-order valence-electron chi connectivity index (χ1n) is 7.03. The van der Waals surface area contributed by atoms with Gasteiger partial charge in [0.15, 0.2) is 0 Å². The van der Waals surface area contributed by atoms with Crippen molar-refractivity contribution in [2.24, 2.45) is 0 Å². The van der Waals surface area contributed by atoms with Crippen LogP contribution >= 0.6 is 0 Å². The average molecular weight is 304 g/mol. The number of carbonyl (C=O) groups is 2. The molecule has 1 aliphatic rings. The first-order chi connectivity index (χ1) is 10.5. The van der Waals surface area contributed by atoms with Gasteiger partial charge in [-0.15, -0.1) is 0 Å².